The van der Waals surface area contributed by atoms with Crippen LogP contribution in [0.5, 0.6) is 11.5 Å². The number of aryl methyl sites for hydroxylation is 2. The zero-order chi connectivity index (χ0) is 24.5. The number of para-hydroxylation sites is 3. The number of carbonyl (C=O) groups excluding carboxylic acids is 2. The molecule has 5 rings (SSSR count). The van der Waals surface area contributed by atoms with Gasteiger partial charge in [0.15, 0.2) is 24.2 Å². The SMILES string of the molecule is Cc1cc(C(=O)OCC(=O)c2cc(C)n(C[C@H]3COc4ccccc4O3)c2C)c2ccccc2n1. The van der Waals surface area contributed by atoms with Crippen molar-refractivity contribution >= 4 is 22.7 Å². The van der Waals surface area contributed by atoms with Gasteiger partial charge in [0, 0.05) is 28.0 Å². The van der Waals surface area contributed by atoms with Gasteiger partial charge in [-0.05, 0) is 51.1 Å². The van der Waals surface area contributed by atoms with E-state index in [0.717, 1.165) is 17.1 Å². The van der Waals surface area contributed by atoms with E-state index in [1.165, 1.54) is 0 Å². The Kier molecular flexibility index (Phi) is 5.99. The van der Waals surface area contributed by atoms with Gasteiger partial charge in [-0.15, -0.1) is 0 Å². The number of ketones is 1. The lowest BCUT2D eigenvalue weighted by atomic mass is 10.1. The molecule has 0 radical (unpaired) electrons. The third-order valence-electron chi connectivity index (χ3n) is 6.23. The Morgan fingerprint density at radius 3 is 2.57 bits per heavy atom. The largest absolute Gasteiger partial charge is 0.486 e. The van der Waals surface area contributed by atoms with Crippen LogP contribution in [0, 0.1) is 20.8 Å². The van der Waals surface area contributed by atoms with Gasteiger partial charge < -0.3 is 18.8 Å². The minimum atomic E-state index is -0.541. The Balaban J connectivity index is 1.28. The van der Waals surface area contributed by atoms with Crippen molar-refractivity contribution < 1.29 is 23.8 Å². The van der Waals surface area contributed by atoms with Gasteiger partial charge in [-0.1, -0.05) is 30.3 Å². The lowest BCUT2D eigenvalue weighted by Crippen LogP contribution is -2.33. The molecule has 2 aromatic heterocycles. The monoisotopic (exact) mass is 470 g/mol. The highest BCUT2D eigenvalue weighted by Crippen LogP contribution is 2.31. The molecule has 4 aromatic rings. The predicted molar refractivity (Wildman–Crippen MR) is 131 cm³/mol. The highest BCUT2D eigenvalue weighted by molar-refractivity contribution is 6.05. The van der Waals surface area contributed by atoms with Gasteiger partial charge in [0.05, 0.1) is 17.6 Å². The Morgan fingerprint density at radius 1 is 1.00 bits per heavy atom. The molecule has 3 heterocycles. The van der Waals surface area contributed by atoms with E-state index in [1.54, 1.807) is 6.07 Å². The summed E-state index contributed by atoms with van der Waals surface area (Å²) in [6.07, 6.45) is -0.182. The molecule has 35 heavy (non-hydrogen) atoms. The molecule has 2 aromatic carbocycles. The van der Waals surface area contributed by atoms with E-state index in [9.17, 15) is 9.59 Å². The molecule has 178 valence electrons. The summed E-state index contributed by atoms with van der Waals surface area (Å²) in [4.78, 5) is 30.3. The Hall–Kier alpha value is -4.13. The number of esters is 1. The molecule has 0 unspecified atom stereocenters. The number of hydrogen-bond acceptors (Lipinski definition) is 6. The number of pyridine rings is 1. The van der Waals surface area contributed by atoms with Gasteiger partial charge in [0.2, 0.25) is 5.78 Å². The third-order valence-corrected chi connectivity index (χ3v) is 6.23. The Labute approximate surface area is 203 Å². The molecule has 7 heteroatoms. The van der Waals surface area contributed by atoms with Crippen LogP contribution < -0.4 is 9.47 Å². The van der Waals surface area contributed by atoms with Gasteiger partial charge in [-0.2, -0.15) is 0 Å². The highest BCUT2D eigenvalue weighted by atomic mass is 16.6. The van der Waals surface area contributed by atoms with Crippen LogP contribution in [-0.2, 0) is 11.3 Å². The third kappa shape index (κ3) is 4.49. The van der Waals surface area contributed by atoms with Gasteiger partial charge >= 0.3 is 5.97 Å². The van der Waals surface area contributed by atoms with Crippen LogP contribution in [0.4, 0.5) is 0 Å². The molecule has 0 spiro atoms. The van der Waals surface area contributed by atoms with E-state index < -0.39 is 5.97 Å². The number of Topliss-reactive ketones (excluding diaryl/α,β-unsaturated/α-hetero) is 1. The fraction of sp³-hybridized carbons (Fsp3) is 0.250. The van der Waals surface area contributed by atoms with Crippen molar-refractivity contribution in [2.45, 2.75) is 33.4 Å². The molecule has 0 bridgehead atoms. The minimum absolute atomic E-state index is 0.182. The molecule has 7 nitrogen and oxygen atoms in total. The molecule has 0 N–H and O–H groups in total. The van der Waals surface area contributed by atoms with Crippen molar-refractivity contribution in [1.29, 1.82) is 0 Å². The first-order valence-corrected chi connectivity index (χ1v) is 11.5. The standard InChI is InChI=1S/C28H26N2O5/c1-17-12-23(21-8-4-5-9-24(21)29-17)28(32)34-16-25(31)22-13-18(2)30(19(22)3)14-20-15-33-26-10-6-7-11-27(26)35-20/h4-13,20H,14-16H2,1-3H3/t20-/m0/s1. The van der Waals surface area contributed by atoms with E-state index in [1.807, 2.05) is 79.9 Å². The lowest BCUT2D eigenvalue weighted by Gasteiger charge is -2.27. The molecular weight excluding hydrogens is 444 g/mol. The first kappa shape index (κ1) is 22.7. The van der Waals surface area contributed by atoms with Crippen LogP contribution in [0.2, 0.25) is 0 Å². The van der Waals surface area contributed by atoms with Crippen molar-refractivity contribution in [3.05, 3.63) is 88.9 Å². The second-order valence-corrected chi connectivity index (χ2v) is 8.72. The number of rotatable bonds is 6. The predicted octanol–water partition coefficient (Wildman–Crippen LogP) is 4.84. The number of ether oxygens (including phenoxy) is 3. The fourth-order valence-corrected chi connectivity index (χ4v) is 4.48. The normalized spacial score (nSPS) is 14.7. The maximum absolute atomic E-state index is 13.0. The molecule has 0 aliphatic carbocycles. The van der Waals surface area contributed by atoms with E-state index in [-0.39, 0.29) is 18.5 Å². The second-order valence-electron chi connectivity index (χ2n) is 8.72. The zero-order valence-electron chi connectivity index (χ0n) is 19.9. The van der Waals surface area contributed by atoms with Gasteiger partial charge in [-0.3, -0.25) is 9.78 Å². The topological polar surface area (TPSA) is 79.7 Å². The van der Waals surface area contributed by atoms with Gasteiger partial charge in [0.25, 0.3) is 0 Å². The molecular formula is C28H26N2O5. The summed E-state index contributed by atoms with van der Waals surface area (Å²) in [7, 11) is 0. The van der Waals surface area contributed by atoms with Crippen LogP contribution in [0.15, 0.2) is 60.7 Å². The quantitative estimate of drug-likeness (QED) is 0.296. The summed E-state index contributed by atoms with van der Waals surface area (Å²) < 4.78 is 19.4. The smallest absolute Gasteiger partial charge is 0.339 e. The van der Waals surface area contributed by atoms with E-state index in [0.29, 0.717) is 46.6 Å². The van der Waals surface area contributed by atoms with Crippen LogP contribution in [-0.4, -0.2) is 40.6 Å². The first-order valence-electron chi connectivity index (χ1n) is 11.5. The molecule has 1 aliphatic rings. The summed E-state index contributed by atoms with van der Waals surface area (Å²) in [5.41, 5.74) is 4.09. The van der Waals surface area contributed by atoms with E-state index in [4.69, 9.17) is 14.2 Å². The Morgan fingerprint density at radius 2 is 1.74 bits per heavy atom. The average molecular weight is 471 g/mol. The maximum atomic E-state index is 13.0. The molecule has 1 atom stereocenters. The van der Waals surface area contributed by atoms with Crippen LogP contribution >= 0.6 is 0 Å². The summed E-state index contributed by atoms with van der Waals surface area (Å²) in [6, 6.07) is 18.5. The van der Waals surface area contributed by atoms with E-state index >= 15 is 0 Å². The van der Waals surface area contributed by atoms with Crippen molar-refractivity contribution in [2.75, 3.05) is 13.2 Å². The van der Waals surface area contributed by atoms with E-state index in [2.05, 4.69) is 4.98 Å². The molecule has 1 aliphatic heterocycles. The number of carbonyl (C=O) groups is 2. The first-order chi connectivity index (χ1) is 16.9. The highest BCUT2D eigenvalue weighted by Gasteiger charge is 2.24. The van der Waals surface area contributed by atoms with Gasteiger partial charge in [0.1, 0.15) is 6.61 Å². The zero-order valence-corrected chi connectivity index (χ0v) is 19.9. The second kappa shape index (κ2) is 9.25. The van der Waals surface area contributed by atoms with Crippen LogP contribution in [0.3, 0.4) is 0 Å². The summed E-state index contributed by atoms with van der Waals surface area (Å²) in [5, 5.41) is 0.699. The maximum Gasteiger partial charge on any atom is 0.339 e. The summed E-state index contributed by atoms with van der Waals surface area (Å²) in [6.45, 7) is 6.28. The van der Waals surface area contributed by atoms with Gasteiger partial charge in [-0.25, -0.2) is 4.79 Å². The molecule has 0 saturated carbocycles. The van der Waals surface area contributed by atoms with Crippen LogP contribution in [0.25, 0.3) is 10.9 Å². The lowest BCUT2D eigenvalue weighted by molar-refractivity contribution is 0.0476. The van der Waals surface area contributed by atoms with Crippen molar-refractivity contribution in [2.24, 2.45) is 0 Å². The van der Waals surface area contributed by atoms with Crippen molar-refractivity contribution in [3.8, 4) is 11.5 Å². The number of fused-ring (bicyclic) bond motifs is 2. The number of nitrogens with zero attached hydrogens (tertiary/aromatic N) is 2. The van der Waals surface area contributed by atoms with Crippen molar-refractivity contribution in [1.82, 2.24) is 9.55 Å². The molecule has 0 fully saturated rings. The number of aromatic nitrogens is 2. The van der Waals surface area contributed by atoms with Crippen molar-refractivity contribution in [3.63, 3.8) is 0 Å². The fourth-order valence-electron chi connectivity index (χ4n) is 4.48. The average Bonchev–Trinajstić information content (AvgIpc) is 3.15. The molecule has 0 amide bonds. The summed E-state index contributed by atoms with van der Waals surface area (Å²) >= 11 is 0. The summed E-state index contributed by atoms with van der Waals surface area (Å²) in [5.74, 6) is 0.659. The number of hydrogen-bond donors (Lipinski definition) is 0. The molecule has 0 saturated heterocycles. The Bertz CT molecular complexity index is 1440. The minimum Gasteiger partial charge on any atom is -0.486 e. The van der Waals surface area contributed by atoms with Crippen LogP contribution in [0.1, 0.15) is 37.8 Å². The number of benzene rings is 2.